The van der Waals surface area contributed by atoms with Gasteiger partial charge in [-0.15, -0.1) is 0 Å². The van der Waals surface area contributed by atoms with Gasteiger partial charge in [-0.3, -0.25) is 9.59 Å². The first-order valence-electron chi connectivity index (χ1n) is 9.49. The first-order chi connectivity index (χ1) is 13.5. The summed E-state index contributed by atoms with van der Waals surface area (Å²) in [5.41, 5.74) is 0.652. The number of carbonyl (C=O) groups is 2. The molecule has 0 atom stereocenters. The summed E-state index contributed by atoms with van der Waals surface area (Å²) < 4.78 is 5.95. The molecule has 1 N–H and O–H groups in total. The zero-order chi connectivity index (χ0) is 20.4. The van der Waals surface area contributed by atoms with Crippen LogP contribution in [-0.4, -0.2) is 50.4 Å². The van der Waals surface area contributed by atoms with Crippen molar-refractivity contribution in [2.45, 2.75) is 19.8 Å². The lowest BCUT2D eigenvalue weighted by atomic mass is 10.2. The molecule has 2 aromatic rings. The molecule has 0 heterocycles. The average Bonchev–Trinajstić information content (AvgIpc) is 2.67. The largest absolute Gasteiger partial charge is 0.455 e. The topological polar surface area (TPSA) is 61.9 Å². The number of carbonyl (C=O) groups excluding carboxylic acids is 2. The maximum absolute atomic E-state index is 12.2. The Hall–Kier alpha value is -2.86. The van der Waals surface area contributed by atoms with E-state index in [0.717, 1.165) is 13.0 Å². The van der Waals surface area contributed by atoms with Crippen molar-refractivity contribution in [2.75, 3.05) is 38.6 Å². The van der Waals surface area contributed by atoms with E-state index in [1.165, 1.54) is 6.92 Å². The number of amides is 2. The zero-order valence-electron chi connectivity index (χ0n) is 16.9. The van der Waals surface area contributed by atoms with Crippen molar-refractivity contribution in [1.29, 1.82) is 0 Å². The van der Waals surface area contributed by atoms with Crippen LogP contribution in [-0.2, 0) is 9.59 Å². The van der Waals surface area contributed by atoms with Crippen LogP contribution in [0.25, 0.3) is 0 Å². The molecule has 6 nitrogen and oxygen atoms in total. The molecule has 0 aliphatic carbocycles. The minimum absolute atomic E-state index is 0.0635. The fourth-order valence-electron chi connectivity index (χ4n) is 2.75. The van der Waals surface area contributed by atoms with Crippen LogP contribution in [0.5, 0.6) is 11.5 Å². The number of nitrogens with one attached hydrogen (secondary N) is 1. The molecule has 6 heteroatoms. The molecule has 0 aromatic heterocycles. The van der Waals surface area contributed by atoms with Gasteiger partial charge in [-0.2, -0.15) is 0 Å². The number of nitrogens with zero attached hydrogens (tertiary/aromatic N) is 2. The summed E-state index contributed by atoms with van der Waals surface area (Å²) in [6.07, 6.45) is 1.13. The summed E-state index contributed by atoms with van der Waals surface area (Å²) in [6.45, 7) is 3.34. The van der Waals surface area contributed by atoms with Gasteiger partial charge in [0, 0.05) is 26.4 Å². The van der Waals surface area contributed by atoms with Crippen LogP contribution in [0.2, 0.25) is 0 Å². The Morgan fingerprint density at radius 2 is 1.64 bits per heavy atom. The van der Waals surface area contributed by atoms with Crippen molar-refractivity contribution < 1.29 is 14.3 Å². The average molecular weight is 383 g/mol. The van der Waals surface area contributed by atoms with E-state index >= 15 is 0 Å². The molecule has 0 saturated carbocycles. The van der Waals surface area contributed by atoms with E-state index in [9.17, 15) is 9.59 Å². The number of hydrogen-bond acceptors (Lipinski definition) is 4. The molecule has 0 spiro atoms. The second kappa shape index (κ2) is 11.1. The molecule has 0 saturated heterocycles. The minimum Gasteiger partial charge on any atom is -0.455 e. The Bertz CT molecular complexity index is 763. The van der Waals surface area contributed by atoms with Gasteiger partial charge in [0.25, 0.3) is 0 Å². The Kier molecular flexibility index (Phi) is 8.49. The van der Waals surface area contributed by atoms with Gasteiger partial charge < -0.3 is 19.9 Å². The highest BCUT2D eigenvalue weighted by molar-refractivity contribution is 5.94. The Morgan fingerprint density at radius 1 is 0.964 bits per heavy atom. The van der Waals surface area contributed by atoms with Crippen LogP contribution in [0.4, 0.5) is 5.69 Å². The van der Waals surface area contributed by atoms with Crippen molar-refractivity contribution >= 4 is 17.5 Å². The zero-order valence-corrected chi connectivity index (χ0v) is 16.9. The van der Waals surface area contributed by atoms with Crippen LogP contribution < -0.4 is 15.0 Å². The summed E-state index contributed by atoms with van der Waals surface area (Å²) in [4.78, 5) is 28.0. The number of para-hydroxylation sites is 3. The molecule has 0 fully saturated rings. The lowest BCUT2D eigenvalue weighted by molar-refractivity contribution is -0.121. The van der Waals surface area contributed by atoms with E-state index in [-0.39, 0.29) is 18.2 Å². The molecule has 0 bridgehead atoms. The molecule has 0 radical (unpaired) electrons. The first kappa shape index (κ1) is 21.4. The molecule has 2 aromatic carbocycles. The monoisotopic (exact) mass is 383 g/mol. The number of anilines is 1. The van der Waals surface area contributed by atoms with Crippen molar-refractivity contribution in [1.82, 2.24) is 10.2 Å². The van der Waals surface area contributed by atoms with E-state index in [4.69, 9.17) is 4.74 Å². The quantitative estimate of drug-likeness (QED) is 0.640. The van der Waals surface area contributed by atoms with Crippen molar-refractivity contribution in [3.8, 4) is 11.5 Å². The predicted octanol–water partition coefficient (Wildman–Crippen LogP) is 3.29. The van der Waals surface area contributed by atoms with Gasteiger partial charge in [0.2, 0.25) is 11.8 Å². The summed E-state index contributed by atoms with van der Waals surface area (Å²) in [6, 6.07) is 16.8. The molecule has 2 rings (SSSR count). The van der Waals surface area contributed by atoms with E-state index in [2.05, 4.69) is 10.2 Å². The normalized spacial score (nSPS) is 10.6. The highest BCUT2D eigenvalue weighted by Gasteiger charge is 2.17. The lowest BCUT2D eigenvalue weighted by Crippen LogP contribution is -2.34. The lowest BCUT2D eigenvalue weighted by Gasteiger charge is -2.23. The van der Waals surface area contributed by atoms with E-state index in [1.807, 2.05) is 68.7 Å². The summed E-state index contributed by atoms with van der Waals surface area (Å²) in [5.74, 6) is 1.07. The SMILES string of the molecule is CC(=O)N(CCC(=O)NCCCN(C)C)c1ccccc1Oc1ccccc1. The Labute approximate surface area is 167 Å². The van der Waals surface area contributed by atoms with Gasteiger partial charge in [-0.1, -0.05) is 30.3 Å². The van der Waals surface area contributed by atoms with Gasteiger partial charge in [0.15, 0.2) is 5.75 Å². The first-order valence-corrected chi connectivity index (χ1v) is 9.49. The molecule has 0 aliphatic rings. The van der Waals surface area contributed by atoms with Crippen molar-refractivity contribution in [3.63, 3.8) is 0 Å². The third kappa shape index (κ3) is 7.04. The van der Waals surface area contributed by atoms with Crippen molar-refractivity contribution in [2.24, 2.45) is 0 Å². The molecule has 0 unspecified atom stereocenters. The standard InChI is InChI=1S/C22H29N3O3/c1-18(26)25(17-14-22(27)23-15-9-16-24(2)3)20-12-7-8-13-21(20)28-19-10-5-4-6-11-19/h4-8,10-13H,9,14-17H2,1-3H3,(H,23,27). The van der Waals surface area contributed by atoms with Crippen LogP contribution >= 0.6 is 0 Å². The molecular weight excluding hydrogens is 354 g/mol. The van der Waals surface area contributed by atoms with E-state index < -0.39 is 0 Å². The minimum atomic E-state index is -0.135. The van der Waals surface area contributed by atoms with Gasteiger partial charge in [-0.05, 0) is 51.3 Å². The second-order valence-electron chi connectivity index (χ2n) is 6.81. The summed E-state index contributed by atoms with van der Waals surface area (Å²) in [5, 5.41) is 2.90. The fourth-order valence-corrected chi connectivity index (χ4v) is 2.75. The van der Waals surface area contributed by atoms with Gasteiger partial charge in [0.1, 0.15) is 5.75 Å². The van der Waals surface area contributed by atoms with E-state index in [0.29, 0.717) is 30.3 Å². The van der Waals surface area contributed by atoms with Crippen LogP contribution in [0.3, 0.4) is 0 Å². The highest BCUT2D eigenvalue weighted by atomic mass is 16.5. The van der Waals surface area contributed by atoms with Crippen LogP contribution in [0.1, 0.15) is 19.8 Å². The maximum Gasteiger partial charge on any atom is 0.223 e. The number of hydrogen-bond donors (Lipinski definition) is 1. The molecule has 28 heavy (non-hydrogen) atoms. The predicted molar refractivity (Wildman–Crippen MR) is 112 cm³/mol. The van der Waals surface area contributed by atoms with E-state index in [1.54, 1.807) is 4.90 Å². The molecular formula is C22H29N3O3. The van der Waals surface area contributed by atoms with Crippen LogP contribution in [0, 0.1) is 0 Å². The number of benzene rings is 2. The molecule has 150 valence electrons. The maximum atomic E-state index is 12.2. The third-order valence-corrected chi connectivity index (χ3v) is 4.17. The second-order valence-corrected chi connectivity index (χ2v) is 6.81. The smallest absolute Gasteiger partial charge is 0.223 e. The molecule has 2 amide bonds. The third-order valence-electron chi connectivity index (χ3n) is 4.17. The van der Waals surface area contributed by atoms with Gasteiger partial charge >= 0.3 is 0 Å². The Balaban J connectivity index is 2.00. The molecule has 0 aliphatic heterocycles. The number of ether oxygens (including phenoxy) is 1. The van der Waals surface area contributed by atoms with Crippen molar-refractivity contribution in [3.05, 3.63) is 54.6 Å². The highest BCUT2D eigenvalue weighted by Crippen LogP contribution is 2.32. The number of rotatable bonds is 10. The summed E-state index contributed by atoms with van der Waals surface area (Å²) in [7, 11) is 4.00. The Morgan fingerprint density at radius 3 is 2.32 bits per heavy atom. The van der Waals surface area contributed by atoms with Gasteiger partial charge in [0.05, 0.1) is 5.69 Å². The van der Waals surface area contributed by atoms with Crippen LogP contribution in [0.15, 0.2) is 54.6 Å². The van der Waals surface area contributed by atoms with Gasteiger partial charge in [-0.25, -0.2) is 0 Å². The fraction of sp³-hybridized carbons (Fsp3) is 0.364. The summed E-state index contributed by atoms with van der Waals surface area (Å²) >= 11 is 0.